The van der Waals surface area contributed by atoms with Crippen LogP contribution in [0, 0.1) is 0 Å². The predicted molar refractivity (Wildman–Crippen MR) is 92.0 cm³/mol. The Labute approximate surface area is 141 Å². The minimum Gasteiger partial charge on any atom is -0.491 e. The standard InChI is InChI=1S/C18H20ClNO3/c1-2-22-13-14-6-5-7-15(12-14)20-18(21)10-11-23-17-9-4-3-8-16(17)19/h3-9,12H,2,10-11,13H2,1H3,(H,20,21). The lowest BCUT2D eigenvalue weighted by molar-refractivity contribution is -0.116. The maximum atomic E-state index is 12.0. The van der Waals surface area contributed by atoms with Crippen LogP contribution in [0.4, 0.5) is 5.69 Å². The van der Waals surface area contributed by atoms with Crippen LogP contribution in [-0.2, 0) is 16.1 Å². The van der Waals surface area contributed by atoms with E-state index in [9.17, 15) is 4.79 Å². The van der Waals surface area contributed by atoms with Crippen molar-refractivity contribution in [2.24, 2.45) is 0 Å². The molecule has 122 valence electrons. The van der Waals surface area contributed by atoms with Gasteiger partial charge in [-0.15, -0.1) is 0 Å². The third kappa shape index (κ3) is 5.93. The van der Waals surface area contributed by atoms with Crippen molar-refractivity contribution >= 4 is 23.2 Å². The number of amides is 1. The third-order valence-corrected chi connectivity index (χ3v) is 3.42. The van der Waals surface area contributed by atoms with Crippen molar-refractivity contribution in [2.45, 2.75) is 20.0 Å². The molecule has 0 aliphatic carbocycles. The zero-order chi connectivity index (χ0) is 16.5. The molecule has 2 rings (SSSR count). The van der Waals surface area contributed by atoms with Gasteiger partial charge in [0.2, 0.25) is 5.91 Å². The third-order valence-electron chi connectivity index (χ3n) is 3.11. The van der Waals surface area contributed by atoms with Crippen LogP contribution in [-0.4, -0.2) is 19.1 Å². The Kier molecular flexibility index (Phi) is 6.91. The van der Waals surface area contributed by atoms with Crippen LogP contribution in [0.15, 0.2) is 48.5 Å². The van der Waals surface area contributed by atoms with Crippen LogP contribution >= 0.6 is 11.6 Å². The van der Waals surface area contributed by atoms with E-state index in [4.69, 9.17) is 21.1 Å². The summed E-state index contributed by atoms with van der Waals surface area (Å²) in [5.41, 5.74) is 1.78. The van der Waals surface area contributed by atoms with Gasteiger partial charge in [-0.1, -0.05) is 35.9 Å². The van der Waals surface area contributed by atoms with E-state index in [0.29, 0.717) is 24.0 Å². The van der Waals surface area contributed by atoms with Gasteiger partial charge in [-0.25, -0.2) is 0 Å². The Balaban J connectivity index is 1.79. The van der Waals surface area contributed by atoms with Gasteiger partial charge in [-0.3, -0.25) is 4.79 Å². The second-order valence-electron chi connectivity index (χ2n) is 4.91. The summed E-state index contributed by atoms with van der Waals surface area (Å²) in [5.74, 6) is 0.478. The van der Waals surface area contributed by atoms with E-state index in [2.05, 4.69) is 5.32 Å². The fourth-order valence-corrected chi connectivity index (χ4v) is 2.19. The minimum absolute atomic E-state index is 0.106. The Hall–Kier alpha value is -2.04. The predicted octanol–water partition coefficient (Wildman–Crippen LogP) is 4.28. The average molecular weight is 334 g/mol. The molecule has 23 heavy (non-hydrogen) atoms. The summed E-state index contributed by atoms with van der Waals surface area (Å²) in [6, 6.07) is 14.8. The maximum Gasteiger partial charge on any atom is 0.227 e. The molecule has 0 atom stereocenters. The first kappa shape index (κ1) is 17.3. The van der Waals surface area contributed by atoms with Crippen molar-refractivity contribution in [1.82, 2.24) is 0 Å². The molecule has 0 aliphatic heterocycles. The number of hydrogen-bond acceptors (Lipinski definition) is 3. The summed E-state index contributed by atoms with van der Waals surface area (Å²) in [4.78, 5) is 12.0. The zero-order valence-corrected chi connectivity index (χ0v) is 13.8. The fraction of sp³-hybridized carbons (Fsp3) is 0.278. The Bertz CT molecular complexity index is 646. The van der Waals surface area contributed by atoms with Gasteiger partial charge in [0.15, 0.2) is 0 Å². The van der Waals surface area contributed by atoms with Gasteiger partial charge >= 0.3 is 0 Å². The molecule has 4 nitrogen and oxygen atoms in total. The van der Waals surface area contributed by atoms with E-state index >= 15 is 0 Å². The van der Waals surface area contributed by atoms with E-state index in [1.54, 1.807) is 12.1 Å². The number of halogens is 1. The number of carbonyl (C=O) groups is 1. The van der Waals surface area contributed by atoms with E-state index in [0.717, 1.165) is 11.3 Å². The lowest BCUT2D eigenvalue weighted by atomic mass is 10.2. The van der Waals surface area contributed by atoms with Gasteiger partial charge in [0.05, 0.1) is 24.7 Å². The Morgan fingerprint density at radius 2 is 2.00 bits per heavy atom. The minimum atomic E-state index is -0.106. The number of nitrogens with one attached hydrogen (secondary N) is 1. The molecule has 0 bridgehead atoms. The van der Waals surface area contributed by atoms with Crippen LogP contribution in [0.2, 0.25) is 5.02 Å². The van der Waals surface area contributed by atoms with E-state index < -0.39 is 0 Å². The van der Waals surface area contributed by atoms with Crippen LogP contribution in [0.25, 0.3) is 0 Å². The second-order valence-corrected chi connectivity index (χ2v) is 5.32. The molecule has 1 N–H and O–H groups in total. The van der Waals surface area contributed by atoms with Crippen LogP contribution < -0.4 is 10.1 Å². The molecule has 5 heteroatoms. The topological polar surface area (TPSA) is 47.6 Å². The SMILES string of the molecule is CCOCc1cccc(NC(=O)CCOc2ccccc2Cl)c1. The lowest BCUT2D eigenvalue weighted by Gasteiger charge is -2.09. The van der Waals surface area contributed by atoms with Crippen molar-refractivity contribution in [1.29, 1.82) is 0 Å². The number of anilines is 1. The molecular formula is C18H20ClNO3. The van der Waals surface area contributed by atoms with Crippen molar-refractivity contribution in [2.75, 3.05) is 18.5 Å². The van der Waals surface area contributed by atoms with Crippen molar-refractivity contribution in [3.63, 3.8) is 0 Å². The Morgan fingerprint density at radius 1 is 1.17 bits per heavy atom. The van der Waals surface area contributed by atoms with Gasteiger partial charge < -0.3 is 14.8 Å². The summed E-state index contributed by atoms with van der Waals surface area (Å²) < 4.78 is 10.9. The monoisotopic (exact) mass is 333 g/mol. The summed E-state index contributed by atoms with van der Waals surface area (Å²) in [6.45, 7) is 3.42. The highest BCUT2D eigenvalue weighted by molar-refractivity contribution is 6.32. The van der Waals surface area contributed by atoms with Crippen LogP contribution in [0.5, 0.6) is 5.75 Å². The summed E-state index contributed by atoms with van der Waals surface area (Å²) in [7, 11) is 0. The molecule has 2 aromatic carbocycles. The summed E-state index contributed by atoms with van der Waals surface area (Å²) in [5, 5.41) is 3.39. The molecule has 2 aromatic rings. The van der Waals surface area contributed by atoms with Gasteiger partial charge in [0.1, 0.15) is 5.75 Å². The normalized spacial score (nSPS) is 10.3. The number of hydrogen-bond donors (Lipinski definition) is 1. The van der Waals surface area contributed by atoms with Crippen LogP contribution in [0.3, 0.4) is 0 Å². The summed E-state index contributed by atoms with van der Waals surface area (Å²) >= 11 is 5.99. The van der Waals surface area contributed by atoms with Crippen LogP contribution in [0.1, 0.15) is 18.9 Å². The number of carbonyl (C=O) groups excluding carboxylic acids is 1. The number of ether oxygens (including phenoxy) is 2. The quantitative estimate of drug-likeness (QED) is 0.784. The molecule has 0 saturated carbocycles. The number of rotatable bonds is 8. The molecule has 0 unspecified atom stereocenters. The molecule has 0 heterocycles. The highest BCUT2D eigenvalue weighted by atomic mass is 35.5. The average Bonchev–Trinajstić information content (AvgIpc) is 2.55. The van der Waals surface area contributed by atoms with E-state index in [-0.39, 0.29) is 18.9 Å². The van der Waals surface area contributed by atoms with E-state index in [1.165, 1.54) is 0 Å². The second kappa shape index (κ2) is 9.18. The molecule has 0 spiro atoms. The van der Waals surface area contributed by atoms with Gasteiger partial charge in [-0.05, 0) is 36.8 Å². The molecule has 0 aliphatic rings. The van der Waals surface area contributed by atoms with Gasteiger partial charge in [0, 0.05) is 12.3 Å². The smallest absolute Gasteiger partial charge is 0.227 e. The fourth-order valence-electron chi connectivity index (χ4n) is 2.00. The molecule has 1 amide bonds. The highest BCUT2D eigenvalue weighted by Crippen LogP contribution is 2.23. The zero-order valence-electron chi connectivity index (χ0n) is 13.0. The first-order valence-electron chi connectivity index (χ1n) is 7.53. The van der Waals surface area contributed by atoms with Crippen molar-refractivity contribution < 1.29 is 14.3 Å². The summed E-state index contributed by atoms with van der Waals surface area (Å²) in [6.07, 6.45) is 0.251. The van der Waals surface area contributed by atoms with Crippen molar-refractivity contribution in [3.05, 3.63) is 59.1 Å². The first-order valence-corrected chi connectivity index (χ1v) is 7.90. The van der Waals surface area contributed by atoms with Gasteiger partial charge in [-0.2, -0.15) is 0 Å². The maximum absolute atomic E-state index is 12.0. The van der Waals surface area contributed by atoms with E-state index in [1.807, 2.05) is 43.3 Å². The van der Waals surface area contributed by atoms with Gasteiger partial charge in [0.25, 0.3) is 0 Å². The molecular weight excluding hydrogens is 314 g/mol. The lowest BCUT2D eigenvalue weighted by Crippen LogP contribution is -2.15. The molecule has 0 fully saturated rings. The molecule has 0 aromatic heterocycles. The largest absolute Gasteiger partial charge is 0.491 e. The number of benzene rings is 2. The first-order chi connectivity index (χ1) is 11.2. The number of para-hydroxylation sites is 1. The Morgan fingerprint density at radius 3 is 2.78 bits per heavy atom. The molecule has 0 saturated heterocycles. The molecule has 0 radical (unpaired) electrons. The highest BCUT2D eigenvalue weighted by Gasteiger charge is 2.05. The van der Waals surface area contributed by atoms with Crippen molar-refractivity contribution in [3.8, 4) is 5.75 Å².